The Morgan fingerprint density at radius 1 is 0.595 bits per heavy atom. The number of hydrogen-bond acceptors (Lipinski definition) is 1. The average molecular weight is 620 g/mol. The first-order valence-corrected chi connectivity index (χ1v) is 18.9. The first-order chi connectivity index (χ1) is 20.2. The van der Waals surface area contributed by atoms with Crippen molar-refractivity contribution in [1.82, 2.24) is 0 Å². The molecule has 0 saturated heterocycles. The number of allylic oxidation sites excluding steroid dienone is 5. The zero-order valence-electron chi connectivity index (χ0n) is 27.0. The molecule has 0 aliphatic heterocycles. The molecule has 0 amide bonds. The van der Waals surface area contributed by atoms with Crippen LogP contribution in [-0.2, 0) is 21.7 Å². The van der Waals surface area contributed by atoms with Gasteiger partial charge in [-0.05, 0) is 62.0 Å². The van der Waals surface area contributed by atoms with Gasteiger partial charge in [0.05, 0.1) is 0 Å². The monoisotopic (exact) mass is 619 g/mol. The van der Waals surface area contributed by atoms with Gasteiger partial charge >= 0.3 is 0 Å². The summed E-state index contributed by atoms with van der Waals surface area (Å²) in [5.41, 5.74) is 3.83. The molecule has 1 aliphatic carbocycles. The minimum absolute atomic E-state index is 0. The standard InChI is InChI=1S/C23H44NP.C16H14.Ti/c1-4-7-10-15-20-25(21-16-11-8-5-2,22-17-12-9-6-3)24-23-18-13-14-19-23;1-3-9-15(10-4-1)13-7-8-14-16-11-5-2-6-12-16;/h13-14,18H,4-12,15-17,19-22H2,1-3H3;1-14H;. The predicted molar refractivity (Wildman–Crippen MR) is 189 cm³/mol. The summed E-state index contributed by atoms with van der Waals surface area (Å²) in [5, 5.41) is 0. The fourth-order valence-electron chi connectivity index (χ4n) is 5.23. The summed E-state index contributed by atoms with van der Waals surface area (Å²) < 4.78 is 5.51. The largest absolute Gasteiger partial charge is 0.272 e. The first kappa shape index (κ1) is 38.4. The molecule has 0 radical (unpaired) electrons. The number of rotatable bonds is 19. The summed E-state index contributed by atoms with van der Waals surface area (Å²) in [6.45, 7) is 6.95. The maximum Gasteiger partial charge on any atom is 0.0425 e. The van der Waals surface area contributed by atoms with Gasteiger partial charge in [0.25, 0.3) is 0 Å². The van der Waals surface area contributed by atoms with E-state index in [4.69, 9.17) is 4.74 Å². The van der Waals surface area contributed by atoms with Crippen LogP contribution in [0.25, 0.3) is 12.2 Å². The smallest absolute Gasteiger partial charge is 0.0425 e. The second kappa shape index (κ2) is 25.8. The SMILES string of the molecule is C(C=Cc1ccccc1)=Cc1ccccc1.CCCCCCP(CCCCCC)(CCCCCC)=NC1=CC=CC1.[Ti]. The molecule has 0 bridgehead atoms. The Kier molecular flexibility index (Phi) is 23.6. The molecule has 2 aromatic rings. The normalized spacial score (nSPS) is 12.7. The quantitative estimate of drug-likeness (QED) is 0.0642. The average Bonchev–Trinajstić information content (AvgIpc) is 3.52. The third kappa shape index (κ3) is 18.1. The van der Waals surface area contributed by atoms with E-state index >= 15 is 0 Å². The summed E-state index contributed by atoms with van der Waals surface area (Å²) in [6, 6.07) is 20.6. The van der Waals surface area contributed by atoms with E-state index < -0.39 is 7.05 Å². The topological polar surface area (TPSA) is 12.4 Å². The van der Waals surface area contributed by atoms with Crippen molar-refractivity contribution >= 4 is 19.2 Å². The van der Waals surface area contributed by atoms with Gasteiger partial charge in [0.15, 0.2) is 0 Å². The summed E-state index contributed by atoms with van der Waals surface area (Å²) in [5.74, 6) is 0. The first-order valence-electron chi connectivity index (χ1n) is 16.6. The van der Waals surface area contributed by atoms with Crippen LogP contribution in [-0.4, -0.2) is 18.5 Å². The van der Waals surface area contributed by atoms with Crippen LogP contribution in [0.3, 0.4) is 0 Å². The second-order valence-electron chi connectivity index (χ2n) is 11.4. The molecule has 0 saturated carbocycles. The van der Waals surface area contributed by atoms with Crippen LogP contribution >= 0.6 is 7.05 Å². The molecular weight excluding hydrogens is 561 g/mol. The van der Waals surface area contributed by atoms with Crippen molar-refractivity contribution in [2.75, 3.05) is 18.5 Å². The summed E-state index contributed by atoms with van der Waals surface area (Å²) in [6.07, 6.45) is 37.1. The van der Waals surface area contributed by atoms with E-state index in [0.29, 0.717) is 0 Å². The molecule has 0 N–H and O–H groups in total. The van der Waals surface area contributed by atoms with Crippen LogP contribution in [0.4, 0.5) is 0 Å². The van der Waals surface area contributed by atoms with Crippen molar-refractivity contribution in [1.29, 1.82) is 0 Å². The number of benzene rings is 2. The van der Waals surface area contributed by atoms with E-state index in [9.17, 15) is 0 Å². The van der Waals surface area contributed by atoms with Crippen molar-refractivity contribution in [3.05, 3.63) is 108 Å². The van der Waals surface area contributed by atoms with Crippen LogP contribution in [0.15, 0.2) is 101 Å². The van der Waals surface area contributed by atoms with Crippen LogP contribution in [0.5, 0.6) is 0 Å². The molecule has 0 unspecified atom stereocenters. The second-order valence-corrected chi connectivity index (χ2v) is 15.1. The van der Waals surface area contributed by atoms with Crippen molar-refractivity contribution in [2.24, 2.45) is 4.74 Å². The Hall–Kier alpha value is -1.66. The van der Waals surface area contributed by atoms with Gasteiger partial charge in [0.2, 0.25) is 0 Å². The van der Waals surface area contributed by atoms with Crippen molar-refractivity contribution in [3.63, 3.8) is 0 Å². The molecule has 2 aromatic carbocycles. The molecule has 3 heteroatoms. The number of nitrogens with zero attached hydrogens (tertiary/aromatic N) is 1. The fraction of sp³-hybridized carbons (Fsp3) is 0.487. The Morgan fingerprint density at radius 2 is 1.02 bits per heavy atom. The van der Waals surface area contributed by atoms with Crippen LogP contribution in [0.2, 0.25) is 0 Å². The number of unbranched alkanes of at least 4 members (excludes halogenated alkanes) is 9. The van der Waals surface area contributed by atoms with Crippen molar-refractivity contribution in [2.45, 2.75) is 104 Å². The van der Waals surface area contributed by atoms with Gasteiger partial charge in [-0.1, -0.05) is 176 Å². The Balaban J connectivity index is 0.000000446. The minimum Gasteiger partial charge on any atom is -0.272 e. The fourth-order valence-corrected chi connectivity index (χ4v) is 9.33. The Morgan fingerprint density at radius 3 is 1.38 bits per heavy atom. The molecule has 0 fully saturated rings. The van der Waals surface area contributed by atoms with Gasteiger partial charge in [0, 0.05) is 33.8 Å². The van der Waals surface area contributed by atoms with Gasteiger partial charge < -0.3 is 0 Å². The molecule has 1 aliphatic rings. The third-order valence-electron chi connectivity index (χ3n) is 7.66. The third-order valence-corrected chi connectivity index (χ3v) is 11.8. The van der Waals surface area contributed by atoms with Crippen LogP contribution in [0, 0.1) is 0 Å². The van der Waals surface area contributed by atoms with Crippen molar-refractivity contribution in [3.8, 4) is 0 Å². The van der Waals surface area contributed by atoms with E-state index in [1.165, 1.54) is 112 Å². The predicted octanol–water partition coefficient (Wildman–Crippen LogP) is 13.2. The molecule has 0 aromatic heterocycles. The summed E-state index contributed by atoms with van der Waals surface area (Å²) >= 11 is 0. The molecule has 0 heterocycles. The van der Waals surface area contributed by atoms with Gasteiger partial charge in [0.1, 0.15) is 0 Å². The number of hydrogen-bond donors (Lipinski definition) is 0. The Labute approximate surface area is 275 Å². The van der Waals surface area contributed by atoms with Crippen LogP contribution < -0.4 is 0 Å². The molecular formula is C39H58NPTi. The van der Waals surface area contributed by atoms with E-state index in [1.807, 2.05) is 36.4 Å². The molecule has 1 nitrogen and oxygen atoms in total. The van der Waals surface area contributed by atoms with Gasteiger partial charge in [-0.25, -0.2) is 0 Å². The summed E-state index contributed by atoms with van der Waals surface area (Å²) in [4.78, 5) is 0. The zero-order chi connectivity index (χ0) is 29.3. The molecule has 3 rings (SSSR count). The van der Waals surface area contributed by atoms with E-state index in [2.05, 4.69) is 87.6 Å². The van der Waals surface area contributed by atoms with E-state index in [1.54, 1.807) is 0 Å². The molecule has 228 valence electrons. The van der Waals surface area contributed by atoms with E-state index in [0.717, 1.165) is 6.42 Å². The molecule has 0 atom stereocenters. The van der Waals surface area contributed by atoms with Gasteiger partial charge in [-0.3, -0.25) is 4.74 Å². The maximum absolute atomic E-state index is 5.51. The Bertz CT molecular complexity index is 996. The molecule has 42 heavy (non-hydrogen) atoms. The van der Waals surface area contributed by atoms with Crippen molar-refractivity contribution < 1.29 is 21.7 Å². The molecule has 0 spiro atoms. The van der Waals surface area contributed by atoms with Gasteiger partial charge in [-0.2, -0.15) is 0 Å². The van der Waals surface area contributed by atoms with E-state index in [-0.39, 0.29) is 21.7 Å². The zero-order valence-corrected chi connectivity index (χ0v) is 29.5. The summed E-state index contributed by atoms with van der Waals surface area (Å²) in [7, 11) is -1.15. The van der Waals surface area contributed by atoms with Gasteiger partial charge in [-0.15, -0.1) is 0 Å². The van der Waals surface area contributed by atoms with Crippen LogP contribution in [0.1, 0.15) is 115 Å². The maximum atomic E-state index is 5.51. The minimum atomic E-state index is -1.15.